The average Bonchev–Trinajstić information content (AvgIpc) is 2.55. The second-order valence-corrected chi connectivity index (χ2v) is 5.96. The highest BCUT2D eigenvalue weighted by atomic mass is 15.1. The van der Waals surface area contributed by atoms with Crippen LogP contribution in [0.3, 0.4) is 0 Å². The molecule has 0 amide bonds. The van der Waals surface area contributed by atoms with E-state index in [2.05, 4.69) is 62.8 Å². The zero-order valence-corrected chi connectivity index (χ0v) is 12.0. The number of rotatable bonds is 3. The van der Waals surface area contributed by atoms with Gasteiger partial charge in [0.25, 0.3) is 0 Å². The number of benzene rings is 1. The van der Waals surface area contributed by atoms with Crippen LogP contribution in [-0.2, 0) is 13.5 Å². The molecule has 0 saturated carbocycles. The van der Waals surface area contributed by atoms with Crippen LogP contribution in [0.15, 0.2) is 18.2 Å². The highest BCUT2D eigenvalue weighted by molar-refractivity contribution is 5.79. The highest BCUT2D eigenvalue weighted by Crippen LogP contribution is 2.18. The van der Waals surface area contributed by atoms with E-state index < -0.39 is 0 Å². The molecule has 98 valence electrons. The quantitative estimate of drug-likeness (QED) is 0.901. The molecule has 2 rings (SSSR count). The third kappa shape index (κ3) is 2.72. The van der Waals surface area contributed by atoms with Gasteiger partial charge in [-0.3, -0.25) is 0 Å². The molecule has 0 aliphatic rings. The molecule has 1 aromatic carbocycles. The topological polar surface area (TPSA) is 29.9 Å². The van der Waals surface area contributed by atoms with Crippen LogP contribution in [0.2, 0.25) is 0 Å². The van der Waals surface area contributed by atoms with Gasteiger partial charge in [-0.2, -0.15) is 0 Å². The molecule has 3 heteroatoms. The fourth-order valence-electron chi connectivity index (χ4n) is 2.29. The minimum absolute atomic E-state index is 0.167. The van der Waals surface area contributed by atoms with Crippen LogP contribution in [0, 0.1) is 6.92 Å². The van der Waals surface area contributed by atoms with Crippen molar-refractivity contribution in [1.29, 1.82) is 0 Å². The molecular formula is C15H23N3. The Balaban J connectivity index is 2.20. The molecule has 1 heterocycles. The molecule has 0 atom stereocenters. The summed E-state index contributed by atoms with van der Waals surface area (Å²) in [5, 5.41) is 3.50. The first-order valence-electron chi connectivity index (χ1n) is 6.54. The Morgan fingerprint density at radius 3 is 2.61 bits per heavy atom. The van der Waals surface area contributed by atoms with Crippen molar-refractivity contribution in [2.45, 2.75) is 39.7 Å². The van der Waals surface area contributed by atoms with E-state index in [1.54, 1.807) is 0 Å². The monoisotopic (exact) mass is 245 g/mol. The average molecular weight is 245 g/mol. The number of nitrogens with zero attached hydrogens (tertiary/aromatic N) is 2. The van der Waals surface area contributed by atoms with Crippen molar-refractivity contribution in [2.24, 2.45) is 7.05 Å². The smallest absolute Gasteiger partial charge is 0.110 e. The maximum absolute atomic E-state index is 4.72. The number of aryl methyl sites for hydroxylation is 2. The lowest BCUT2D eigenvalue weighted by Crippen LogP contribution is -2.37. The maximum Gasteiger partial charge on any atom is 0.110 e. The van der Waals surface area contributed by atoms with Gasteiger partial charge in [-0.1, -0.05) is 12.1 Å². The molecule has 0 aliphatic carbocycles. The second-order valence-electron chi connectivity index (χ2n) is 5.96. The van der Waals surface area contributed by atoms with Gasteiger partial charge in [0.15, 0.2) is 0 Å². The molecule has 0 radical (unpaired) electrons. The minimum Gasteiger partial charge on any atom is -0.331 e. The summed E-state index contributed by atoms with van der Waals surface area (Å²) in [7, 11) is 2.11. The van der Waals surface area contributed by atoms with Crippen molar-refractivity contribution in [2.75, 3.05) is 6.54 Å². The SMILES string of the molecule is Cc1cccc2nc(CCNC(C)(C)C)n(C)c12. The van der Waals surface area contributed by atoms with Crippen molar-refractivity contribution >= 4 is 11.0 Å². The summed E-state index contributed by atoms with van der Waals surface area (Å²) in [4.78, 5) is 4.72. The van der Waals surface area contributed by atoms with Gasteiger partial charge in [-0.05, 0) is 39.3 Å². The Kier molecular flexibility index (Phi) is 3.44. The third-order valence-corrected chi connectivity index (χ3v) is 3.19. The van der Waals surface area contributed by atoms with Crippen LogP contribution in [0.4, 0.5) is 0 Å². The minimum atomic E-state index is 0.167. The fraction of sp³-hybridized carbons (Fsp3) is 0.533. The summed E-state index contributed by atoms with van der Waals surface area (Å²) in [5.74, 6) is 1.15. The third-order valence-electron chi connectivity index (χ3n) is 3.19. The Hall–Kier alpha value is -1.35. The van der Waals surface area contributed by atoms with E-state index in [9.17, 15) is 0 Å². The van der Waals surface area contributed by atoms with E-state index in [0.29, 0.717) is 0 Å². The van der Waals surface area contributed by atoms with Crippen LogP contribution >= 0.6 is 0 Å². The standard InChI is InChI=1S/C15H23N3/c1-11-7-6-8-12-14(11)18(5)13(17-12)9-10-16-15(2,3)4/h6-8,16H,9-10H2,1-5H3. The predicted octanol–water partition coefficient (Wildman–Crippen LogP) is 2.81. The maximum atomic E-state index is 4.72. The van der Waals surface area contributed by atoms with Gasteiger partial charge in [-0.15, -0.1) is 0 Å². The predicted molar refractivity (Wildman–Crippen MR) is 76.9 cm³/mol. The summed E-state index contributed by atoms with van der Waals surface area (Å²) in [6, 6.07) is 6.30. The van der Waals surface area contributed by atoms with E-state index in [0.717, 1.165) is 24.3 Å². The van der Waals surface area contributed by atoms with Crippen molar-refractivity contribution in [3.63, 3.8) is 0 Å². The lowest BCUT2D eigenvalue weighted by atomic mass is 10.1. The van der Waals surface area contributed by atoms with Crippen molar-refractivity contribution < 1.29 is 0 Å². The number of imidazole rings is 1. The fourth-order valence-corrected chi connectivity index (χ4v) is 2.29. The molecule has 0 saturated heterocycles. The highest BCUT2D eigenvalue weighted by Gasteiger charge is 2.11. The van der Waals surface area contributed by atoms with Gasteiger partial charge >= 0.3 is 0 Å². The Morgan fingerprint density at radius 2 is 2.00 bits per heavy atom. The molecule has 18 heavy (non-hydrogen) atoms. The number of hydrogen-bond donors (Lipinski definition) is 1. The van der Waals surface area contributed by atoms with Gasteiger partial charge in [0.05, 0.1) is 11.0 Å². The normalized spacial score (nSPS) is 12.3. The first kappa shape index (κ1) is 13.1. The molecule has 1 aromatic heterocycles. The zero-order valence-electron chi connectivity index (χ0n) is 12.0. The number of fused-ring (bicyclic) bond motifs is 1. The van der Waals surface area contributed by atoms with E-state index in [4.69, 9.17) is 4.98 Å². The van der Waals surface area contributed by atoms with Gasteiger partial charge in [0, 0.05) is 25.6 Å². The summed E-state index contributed by atoms with van der Waals surface area (Å²) in [5.41, 5.74) is 3.81. The first-order chi connectivity index (χ1) is 8.38. The number of hydrogen-bond acceptors (Lipinski definition) is 2. The summed E-state index contributed by atoms with van der Waals surface area (Å²) in [6.45, 7) is 9.66. The molecule has 1 N–H and O–H groups in total. The van der Waals surface area contributed by atoms with Gasteiger partial charge in [0.1, 0.15) is 5.82 Å². The van der Waals surface area contributed by atoms with Crippen LogP contribution < -0.4 is 5.32 Å². The molecular weight excluding hydrogens is 222 g/mol. The molecule has 0 fully saturated rings. The van der Waals surface area contributed by atoms with Crippen LogP contribution in [0.1, 0.15) is 32.2 Å². The zero-order chi connectivity index (χ0) is 13.3. The van der Waals surface area contributed by atoms with E-state index in [1.165, 1.54) is 11.1 Å². The van der Waals surface area contributed by atoms with Gasteiger partial charge in [-0.25, -0.2) is 4.98 Å². The van der Waals surface area contributed by atoms with E-state index >= 15 is 0 Å². The van der Waals surface area contributed by atoms with Crippen LogP contribution in [0.25, 0.3) is 11.0 Å². The van der Waals surface area contributed by atoms with Crippen LogP contribution in [0.5, 0.6) is 0 Å². The van der Waals surface area contributed by atoms with Crippen LogP contribution in [-0.4, -0.2) is 21.6 Å². The lowest BCUT2D eigenvalue weighted by Gasteiger charge is -2.20. The van der Waals surface area contributed by atoms with Crippen molar-refractivity contribution in [1.82, 2.24) is 14.9 Å². The molecule has 0 aliphatic heterocycles. The summed E-state index contributed by atoms with van der Waals surface area (Å²) >= 11 is 0. The van der Waals surface area contributed by atoms with Gasteiger partial charge in [0.2, 0.25) is 0 Å². The van der Waals surface area contributed by atoms with E-state index in [-0.39, 0.29) is 5.54 Å². The second kappa shape index (κ2) is 4.73. The Morgan fingerprint density at radius 1 is 1.28 bits per heavy atom. The van der Waals surface area contributed by atoms with Gasteiger partial charge < -0.3 is 9.88 Å². The largest absolute Gasteiger partial charge is 0.331 e. The Bertz CT molecular complexity index is 547. The molecule has 0 bridgehead atoms. The number of aromatic nitrogens is 2. The molecule has 3 nitrogen and oxygen atoms in total. The number of para-hydroxylation sites is 1. The molecule has 0 unspecified atom stereocenters. The lowest BCUT2D eigenvalue weighted by molar-refractivity contribution is 0.426. The van der Waals surface area contributed by atoms with Crippen molar-refractivity contribution in [3.8, 4) is 0 Å². The Labute approximate surface area is 109 Å². The molecule has 2 aromatic rings. The first-order valence-corrected chi connectivity index (χ1v) is 6.54. The van der Waals surface area contributed by atoms with E-state index in [1.807, 2.05) is 0 Å². The number of nitrogens with one attached hydrogen (secondary N) is 1. The molecule has 0 spiro atoms. The summed E-state index contributed by atoms with van der Waals surface area (Å²) < 4.78 is 2.22. The summed E-state index contributed by atoms with van der Waals surface area (Å²) in [6.07, 6.45) is 0.960. The van der Waals surface area contributed by atoms with Crippen molar-refractivity contribution in [3.05, 3.63) is 29.6 Å².